The van der Waals surface area contributed by atoms with E-state index >= 15 is 0 Å². The molecule has 112 valence electrons. The van der Waals surface area contributed by atoms with Crippen molar-refractivity contribution in [2.75, 3.05) is 14.2 Å². The molecular weight excluding hydrogens is 284 g/mol. The normalized spacial score (nSPS) is 10.2. The van der Waals surface area contributed by atoms with Gasteiger partial charge in [-0.25, -0.2) is 0 Å². The van der Waals surface area contributed by atoms with Crippen molar-refractivity contribution in [2.24, 2.45) is 0 Å². The monoisotopic (exact) mass is 304 g/mol. The van der Waals surface area contributed by atoms with Crippen molar-refractivity contribution in [1.29, 1.82) is 0 Å². The molecule has 0 aliphatic rings. The minimum Gasteiger partial charge on any atom is -0.497 e. The number of thiocarbonyl (C=S) groups is 1. The number of methoxy groups -OCH3 is 1. The molecule has 0 saturated heterocycles. The lowest BCUT2D eigenvalue weighted by Gasteiger charge is -2.20. The molecule has 0 unspecified atom stereocenters. The van der Waals surface area contributed by atoms with Gasteiger partial charge in [0.2, 0.25) is 0 Å². The molecular formula is C16H20N2O2S. The van der Waals surface area contributed by atoms with Crippen molar-refractivity contribution in [3.05, 3.63) is 53.5 Å². The first-order chi connectivity index (χ1) is 10.1. The summed E-state index contributed by atoms with van der Waals surface area (Å²) in [5.74, 6) is 2.67. The zero-order chi connectivity index (χ0) is 15.2. The van der Waals surface area contributed by atoms with Gasteiger partial charge < -0.3 is 19.4 Å². The van der Waals surface area contributed by atoms with E-state index in [9.17, 15) is 0 Å². The number of nitrogens with zero attached hydrogens (tertiary/aromatic N) is 1. The van der Waals surface area contributed by atoms with Crippen LogP contribution >= 0.6 is 12.2 Å². The molecule has 0 atom stereocenters. The average Bonchev–Trinajstić information content (AvgIpc) is 2.90. The lowest BCUT2D eigenvalue weighted by Crippen LogP contribution is -2.36. The molecule has 0 radical (unpaired) electrons. The number of hydrogen-bond acceptors (Lipinski definition) is 3. The largest absolute Gasteiger partial charge is 0.497 e. The van der Waals surface area contributed by atoms with Crippen LogP contribution in [-0.4, -0.2) is 24.2 Å². The van der Waals surface area contributed by atoms with Gasteiger partial charge >= 0.3 is 0 Å². The van der Waals surface area contributed by atoms with Crippen LogP contribution in [-0.2, 0) is 13.1 Å². The zero-order valence-electron chi connectivity index (χ0n) is 12.6. The van der Waals surface area contributed by atoms with Gasteiger partial charge in [0.1, 0.15) is 17.3 Å². The van der Waals surface area contributed by atoms with Gasteiger partial charge in [0.15, 0.2) is 5.11 Å². The highest BCUT2D eigenvalue weighted by atomic mass is 32.1. The summed E-state index contributed by atoms with van der Waals surface area (Å²) in [4.78, 5) is 1.96. The van der Waals surface area contributed by atoms with Crippen LogP contribution in [0, 0.1) is 6.92 Å². The maximum absolute atomic E-state index is 5.55. The van der Waals surface area contributed by atoms with E-state index in [-0.39, 0.29) is 0 Å². The molecule has 21 heavy (non-hydrogen) atoms. The quantitative estimate of drug-likeness (QED) is 0.859. The molecule has 0 bridgehead atoms. The van der Waals surface area contributed by atoms with Crippen molar-refractivity contribution in [3.63, 3.8) is 0 Å². The van der Waals surface area contributed by atoms with Crippen LogP contribution in [0.2, 0.25) is 0 Å². The second-order valence-electron chi connectivity index (χ2n) is 4.88. The number of furan rings is 1. The third-order valence-corrected chi connectivity index (χ3v) is 3.59. The van der Waals surface area contributed by atoms with Crippen LogP contribution in [0.4, 0.5) is 0 Å². The molecule has 0 saturated carbocycles. The Hall–Kier alpha value is -2.01. The Morgan fingerprint density at radius 3 is 2.52 bits per heavy atom. The summed E-state index contributed by atoms with van der Waals surface area (Å²) < 4.78 is 10.7. The second-order valence-corrected chi connectivity index (χ2v) is 5.26. The third kappa shape index (κ3) is 4.49. The number of benzene rings is 1. The van der Waals surface area contributed by atoms with Crippen LogP contribution in [0.3, 0.4) is 0 Å². The van der Waals surface area contributed by atoms with Crippen molar-refractivity contribution in [3.8, 4) is 5.75 Å². The number of rotatable bonds is 5. The predicted octanol–water partition coefficient (Wildman–Crippen LogP) is 3.10. The van der Waals surface area contributed by atoms with Gasteiger partial charge in [-0.15, -0.1) is 0 Å². The molecule has 0 amide bonds. The number of ether oxygens (including phenoxy) is 1. The van der Waals surface area contributed by atoms with E-state index in [0.717, 1.165) is 22.8 Å². The Balaban J connectivity index is 1.82. The SMILES string of the molecule is COc1ccc(CNC(=S)N(C)Cc2ccc(C)o2)cc1. The summed E-state index contributed by atoms with van der Waals surface area (Å²) >= 11 is 5.38. The zero-order valence-corrected chi connectivity index (χ0v) is 13.4. The van der Waals surface area contributed by atoms with Crippen LogP contribution < -0.4 is 10.1 Å². The van der Waals surface area contributed by atoms with Gasteiger partial charge in [-0.1, -0.05) is 12.1 Å². The minimum absolute atomic E-state index is 0.655. The Morgan fingerprint density at radius 1 is 1.24 bits per heavy atom. The smallest absolute Gasteiger partial charge is 0.169 e. The second kappa shape index (κ2) is 7.13. The topological polar surface area (TPSA) is 37.6 Å². The van der Waals surface area contributed by atoms with E-state index in [1.54, 1.807) is 7.11 Å². The highest BCUT2D eigenvalue weighted by Gasteiger charge is 2.07. The van der Waals surface area contributed by atoms with Gasteiger partial charge in [-0.3, -0.25) is 0 Å². The highest BCUT2D eigenvalue weighted by molar-refractivity contribution is 7.80. The fraction of sp³-hybridized carbons (Fsp3) is 0.312. The maximum Gasteiger partial charge on any atom is 0.169 e. The summed E-state index contributed by atoms with van der Waals surface area (Å²) in [5.41, 5.74) is 1.15. The lowest BCUT2D eigenvalue weighted by atomic mass is 10.2. The molecule has 1 N–H and O–H groups in total. The third-order valence-electron chi connectivity index (χ3n) is 3.14. The van der Waals surface area contributed by atoms with Crippen LogP contribution in [0.25, 0.3) is 0 Å². The van der Waals surface area contributed by atoms with Crippen molar-refractivity contribution < 1.29 is 9.15 Å². The molecule has 0 spiro atoms. The summed E-state index contributed by atoms with van der Waals surface area (Å²) in [6, 6.07) is 11.8. The van der Waals surface area contributed by atoms with E-state index in [1.165, 1.54) is 0 Å². The standard InChI is InChI=1S/C16H20N2O2S/c1-12-4-7-15(20-12)11-18(2)16(21)17-10-13-5-8-14(19-3)9-6-13/h4-9H,10-11H2,1-3H3,(H,17,21). The van der Waals surface area contributed by atoms with Crippen LogP contribution in [0.1, 0.15) is 17.1 Å². The summed E-state index contributed by atoms with van der Waals surface area (Å²) in [6.45, 7) is 3.27. The molecule has 1 aromatic carbocycles. The fourth-order valence-electron chi connectivity index (χ4n) is 1.93. The first kappa shape index (κ1) is 15.4. The van der Waals surface area contributed by atoms with E-state index in [2.05, 4.69) is 5.32 Å². The number of nitrogens with one attached hydrogen (secondary N) is 1. The highest BCUT2D eigenvalue weighted by Crippen LogP contribution is 2.11. The Morgan fingerprint density at radius 2 is 1.95 bits per heavy atom. The van der Waals surface area contributed by atoms with Gasteiger partial charge in [0.05, 0.1) is 13.7 Å². The van der Waals surface area contributed by atoms with Crippen LogP contribution in [0.15, 0.2) is 40.8 Å². The molecule has 2 aromatic rings. The molecule has 0 aliphatic carbocycles. The molecule has 0 aliphatic heterocycles. The number of hydrogen-bond donors (Lipinski definition) is 1. The molecule has 1 heterocycles. The Bertz CT molecular complexity index is 593. The summed E-state index contributed by atoms with van der Waals surface area (Å²) in [7, 11) is 3.61. The Labute approximate surface area is 130 Å². The van der Waals surface area contributed by atoms with E-state index in [0.29, 0.717) is 18.2 Å². The maximum atomic E-state index is 5.55. The number of aryl methyl sites for hydroxylation is 1. The first-order valence-electron chi connectivity index (χ1n) is 6.75. The average molecular weight is 304 g/mol. The molecule has 4 nitrogen and oxygen atoms in total. The predicted molar refractivity (Wildman–Crippen MR) is 87.3 cm³/mol. The molecule has 5 heteroatoms. The first-order valence-corrected chi connectivity index (χ1v) is 7.16. The van der Waals surface area contributed by atoms with Gasteiger partial charge in [-0.2, -0.15) is 0 Å². The van der Waals surface area contributed by atoms with Gasteiger partial charge in [-0.05, 0) is 49.0 Å². The van der Waals surface area contributed by atoms with Gasteiger partial charge in [0.25, 0.3) is 0 Å². The van der Waals surface area contributed by atoms with Crippen molar-refractivity contribution in [2.45, 2.75) is 20.0 Å². The van der Waals surface area contributed by atoms with E-state index in [4.69, 9.17) is 21.4 Å². The molecule has 1 aromatic heterocycles. The van der Waals surface area contributed by atoms with E-state index < -0.39 is 0 Å². The molecule has 2 rings (SSSR count). The molecule has 0 fully saturated rings. The van der Waals surface area contributed by atoms with E-state index in [1.807, 2.05) is 55.3 Å². The summed E-state index contributed by atoms with van der Waals surface area (Å²) in [5, 5.41) is 3.93. The van der Waals surface area contributed by atoms with Crippen LogP contribution in [0.5, 0.6) is 5.75 Å². The fourth-order valence-corrected chi connectivity index (χ4v) is 2.07. The minimum atomic E-state index is 0.655. The van der Waals surface area contributed by atoms with Crippen molar-refractivity contribution >= 4 is 17.3 Å². The van der Waals surface area contributed by atoms with Gasteiger partial charge in [0, 0.05) is 13.6 Å². The lowest BCUT2D eigenvalue weighted by molar-refractivity contribution is 0.396. The van der Waals surface area contributed by atoms with Crippen molar-refractivity contribution in [1.82, 2.24) is 10.2 Å². The summed E-state index contributed by atoms with van der Waals surface area (Å²) in [6.07, 6.45) is 0. The Kier molecular flexibility index (Phi) is 5.22.